The van der Waals surface area contributed by atoms with Crippen LogP contribution in [0.15, 0.2) is 16.6 Å². The maximum absolute atomic E-state index is 11.9. The SMILES string of the molecule is COc1cc(C(=O)NCCCN)cc(OC)c1Br.Cl. The summed E-state index contributed by atoms with van der Waals surface area (Å²) in [6.45, 7) is 1.10. The van der Waals surface area contributed by atoms with Gasteiger partial charge in [-0.2, -0.15) is 0 Å². The molecule has 0 aliphatic heterocycles. The van der Waals surface area contributed by atoms with E-state index in [1.165, 1.54) is 14.2 Å². The van der Waals surface area contributed by atoms with Gasteiger partial charge in [0.05, 0.1) is 14.2 Å². The summed E-state index contributed by atoms with van der Waals surface area (Å²) in [5.74, 6) is 0.934. The van der Waals surface area contributed by atoms with Gasteiger partial charge < -0.3 is 20.5 Å². The fourth-order valence-corrected chi connectivity index (χ4v) is 1.96. The Morgan fingerprint density at radius 1 is 1.32 bits per heavy atom. The zero-order chi connectivity index (χ0) is 13.5. The lowest BCUT2D eigenvalue weighted by Gasteiger charge is -2.11. The molecule has 1 rings (SSSR count). The molecule has 0 saturated heterocycles. The Morgan fingerprint density at radius 3 is 2.26 bits per heavy atom. The van der Waals surface area contributed by atoms with Gasteiger partial charge in [-0.05, 0) is 41.0 Å². The third-order valence-corrected chi connectivity index (χ3v) is 3.16. The fraction of sp³-hybridized carbons (Fsp3) is 0.417. The minimum Gasteiger partial charge on any atom is -0.495 e. The molecule has 0 aromatic heterocycles. The van der Waals surface area contributed by atoms with Crippen molar-refractivity contribution >= 4 is 34.2 Å². The zero-order valence-corrected chi connectivity index (χ0v) is 13.3. The predicted molar refractivity (Wildman–Crippen MR) is 80.5 cm³/mol. The van der Waals surface area contributed by atoms with Crippen molar-refractivity contribution in [2.24, 2.45) is 5.73 Å². The van der Waals surface area contributed by atoms with Crippen LogP contribution in [-0.2, 0) is 0 Å². The monoisotopic (exact) mass is 352 g/mol. The van der Waals surface area contributed by atoms with Crippen LogP contribution in [0, 0.1) is 0 Å². The van der Waals surface area contributed by atoms with Crippen molar-refractivity contribution in [1.29, 1.82) is 0 Å². The number of carbonyl (C=O) groups is 1. The first-order chi connectivity index (χ1) is 8.63. The number of nitrogens with one attached hydrogen (secondary N) is 1. The Hall–Kier alpha value is -0.980. The number of hydrogen-bond acceptors (Lipinski definition) is 4. The van der Waals surface area contributed by atoms with Crippen LogP contribution in [0.2, 0.25) is 0 Å². The highest BCUT2D eigenvalue weighted by molar-refractivity contribution is 9.10. The number of carbonyl (C=O) groups excluding carboxylic acids is 1. The van der Waals surface area contributed by atoms with E-state index in [0.29, 0.717) is 34.6 Å². The maximum Gasteiger partial charge on any atom is 0.251 e. The molecule has 0 bridgehead atoms. The van der Waals surface area contributed by atoms with E-state index < -0.39 is 0 Å². The minimum atomic E-state index is -0.174. The van der Waals surface area contributed by atoms with E-state index in [2.05, 4.69) is 21.2 Å². The molecule has 0 unspecified atom stereocenters. The molecule has 0 saturated carbocycles. The van der Waals surface area contributed by atoms with Gasteiger partial charge in [-0.1, -0.05) is 0 Å². The van der Waals surface area contributed by atoms with Crippen LogP contribution in [0.4, 0.5) is 0 Å². The van der Waals surface area contributed by atoms with Crippen molar-refractivity contribution in [3.63, 3.8) is 0 Å². The van der Waals surface area contributed by atoms with Gasteiger partial charge in [0.1, 0.15) is 16.0 Å². The predicted octanol–water partition coefficient (Wildman–Crippen LogP) is 1.97. The van der Waals surface area contributed by atoms with Crippen LogP contribution < -0.4 is 20.5 Å². The summed E-state index contributed by atoms with van der Waals surface area (Å²) in [5.41, 5.74) is 5.86. The standard InChI is InChI=1S/C12H17BrN2O3.ClH/c1-17-9-6-8(7-10(18-2)11(9)13)12(16)15-5-3-4-14;/h6-7H,3-5,14H2,1-2H3,(H,15,16);1H. The van der Waals surface area contributed by atoms with Gasteiger partial charge in [0, 0.05) is 12.1 Å². The summed E-state index contributed by atoms with van der Waals surface area (Å²) >= 11 is 3.35. The van der Waals surface area contributed by atoms with E-state index in [4.69, 9.17) is 15.2 Å². The fourth-order valence-electron chi connectivity index (χ4n) is 1.41. The summed E-state index contributed by atoms with van der Waals surface area (Å²) in [4.78, 5) is 11.9. The van der Waals surface area contributed by atoms with E-state index in [1.807, 2.05) is 0 Å². The normalized spacial score (nSPS) is 9.47. The second-order valence-corrected chi connectivity index (χ2v) is 4.39. The molecule has 7 heteroatoms. The highest BCUT2D eigenvalue weighted by Crippen LogP contribution is 2.35. The largest absolute Gasteiger partial charge is 0.495 e. The average molecular weight is 354 g/mol. The van der Waals surface area contributed by atoms with Crippen LogP contribution >= 0.6 is 28.3 Å². The molecule has 0 fully saturated rings. The molecule has 1 aromatic carbocycles. The lowest BCUT2D eigenvalue weighted by atomic mass is 10.2. The first kappa shape index (κ1) is 18.0. The molecule has 5 nitrogen and oxygen atoms in total. The van der Waals surface area contributed by atoms with Crippen LogP contribution in [0.3, 0.4) is 0 Å². The van der Waals surface area contributed by atoms with Crippen LogP contribution in [0.25, 0.3) is 0 Å². The molecule has 0 spiro atoms. The van der Waals surface area contributed by atoms with Gasteiger partial charge in [0.2, 0.25) is 0 Å². The summed E-state index contributed by atoms with van der Waals surface area (Å²) in [7, 11) is 3.07. The molecule has 0 aliphatic carbocycles. The van der Waals surface area contributed by atoms with E-state index in [-0.39, 0.29) is 18.3 Å². The Morgan fingerprint density at radius 2 is 1.84 bits per heavy atom. The van der Waals surface area contributed by atoms with E-state index in [0.717, 1.165) is 6.42 Å². The number of hydrogen-bond donors (Lipinski definition) is 2. The number of ether oxygens (including phenoxy) is 2. The number of amides is 1. The highest BCUT2D eigenvalue weighted by Gasteiger charge is 2.14. The molecule has 108 valence electrons. The molecule has 0 radical (unpaired) electrons. The summed E-state index contributed by atoms with van der Waals surface area (Å²) in [5, 5.41) is 2.78. The molecule has 1 aromatic rings. The third kappa shape index (κ3) is 4.89. The lowest BCUT2D eigenvalue weighted by molar-refractivity contribution is 0.0952. The number of nitrogens with two attached hydrogens (primary N) is 1. The zero-order valence-electron chi connectivity index (χ0n) is 10.9. The van der Waals surface area contributed by atoms with Gasteiger partial charge in [0.25, 0.3) is 5.91 Å². The van der Waals surface area contributed by atoms with Crippen LogP contribution in [-0.4, -0.2) is 33.2 Å². The van der Waals surface area contributed by atoms with Gasteiger partial charge >= 0.3 is 0 Å². The van der Waals surface area contributed by atoms with E-state index in [1.54, 1.807) is 12.1 Å². The summed E-state index contributed by atoms with van der Waals surface area (Å²) in [6, 6.07) is 3.31. The minimum absolute atomic E-state index is 0. The summed E-state index contributed by atoms with van der Waals surface area (Å²) < 4.78 is 11.0. The second kappa shape index (κ2) is 9.01. The van der Waals surface area contributed by atoms with Crippen molar-refractivity contribution in [2.45, 2.75) is 6.42 Å². The summed E-state index contributed by atoms with van der Waals surface area (Å²) in [6.07, 6.45) is 0.747. The quantitative estimate of drug-likeness (QED) is 0.767. The highest BCUT2D eigenvalue weighted by atomic mass is 79.9. The number of benzene rings is 1. The smallest absolute Gasteiger partial charge is 0.251 e. The molecule has 19 heavy (non-hydrogen) atoms. The van der Waals surface area contributed by atoms with Gasteiger partial charge in [0.15, 0.2) is 0 Å². The molecule has 0 heterocycles. The first-order valence-electron chi connectivity index (χ1n) is 5.53. The maximum atomic E-state index is 11.9. The van der Waals surface area contributed by atoms with Crippen LogP contribution in [0.1, 0.15) is 16.8 Å². The second-order valence-electron chi connectivity index (χ2n) is 3.59. The average Bonchev–Trinajstić information content (AvgIpc) is 2.39. The third-order valence-electron chi connectivity index (χ3n) is 2.37. The van der Waals surface area contributed by atoms with Crippen molar-refractivity contribution in [2.75, 3.05) is 27.3 Å². The number of methoxy groups -OCH3 is 2. The molecule has 0 aliphatic rings. The van der Waals surface area contributed by atoms with Gasteiger partial charge in [-0.25, -0.2) is 0 Å². The van der Waals surface area contributed by atoms with Gasteiger partial charge in [-0.15, -0.1) is 12.4 Å². The first-order valence-corrected chi connectivity index (χ1v) is 6.33. The molecular weight excluding hydrogens is 336 g/mol. The van der Waals surface area contributed by atoms with Crippen molar-refractivity contribution < 1.29 is 14.3 Å². The van der Waals surface area contributed by atoms with Crippen molar-refractivity contribution in [3.8, 4) is 11.5 Å². The molecule has 3 N–H and O–H groups in total. The molecule has 1 amide bonds. The lowest BCUT2D eigenvalue weighted by Crippen LogP contribution is -2.26. The Balaban J connectivity index is 0.00000324. The Bertz CT molecular complexity index is 404. The van der Waals surface area contributed by atoms with Crippen molar-refractivity contribution in [3.05, 3.63) is 22.2 Å². The molecule has 0 atom stereocenters. The number of halogens is 2. The molecular formula is C12H18BrClN2O3. The topological polar surface area (TPSA) is 73.6 Å². The van der Waals surface area contributed by atoms with Gasteiger partial charge in [-0.3, -0.25) is 4.79 Å². The van der Waals surface area contributed by atoms with Crippen molar-refractivity contribution in [1.82, 2.24) is 5.32 Å². The van der Waals surface area contributed by atoms with Crippen LogP contribution in [0.5, 0.6) is 11.5 Å². The Labute approximate surface area is 127 Å². The Kier molecular flexibility index (Phi) is 8.54. The number of rotatable bonds is 6. The van der Waals surface area contributed by atoms with E-state index in [9.17, 15) is 4.79 Å². The van der Waals surface area contributed by atoms with E-state index >= 15 is 0 Å².